The van der Waals surface area contributed by atoms with E-state index in [0.717, 1.165) is 29.8 Å². The molecule has 1 unspecified atom stereocenters. The van der Waals surface area contributed by atoms with Crippen molar-refractivity contribution in [2.24, 2.45) is 0 Å². The van der Waals surface area contributed by atoms with E-state index in [-0.39, 0.29) is 0 Å². The van der Waals surface area contributed by atoms with Gasteiger partial charge >= 0.3 is 0 Å². The van der Waals surface area contributed by atoms with Gasteiger partial charge in [0.15, 0.2) is 6.17 Å². The normalized spacial score (nSPS) is 24.9. The average Bonchev–Trinajstić information content (AvgIpc) is 3.50. The van der Waals surface area contributed by atoms with Crippen molar-refractivity contribution in [1.82, 2.24) is 9.88 Å². The molecule has 3 heteroatoms. The highest BCUT2D eigenvalue weighted by molar-refractivity contribution is 5.82. The summed E-state index contributed by atoms with van der Waals surface area (Å²) >= 11 is 0. The maximum Gasteiger partial charge on any atom is 0.151 e. The maximum atomic E-state index is 14.4. The molecule has 2 nitrogen and oxygen atoms in total. The van der Waals surface area contributed by atoms with Gasteiger partial charge in [0, 0.05) is 35.1 Å². The predicted octanol–water partition coefficient (Wildman–Crippen LogP) is 10.4. The van der Waals surface area contributed by atoms with Crippen LogP contribution in [-0.2, 0) is 6.54 Å². The molecule has 1 aromatic heterocycles. The van der Waals surface area contributed by atoms with Crippen molar-refractivity contribution in [3.63, 3.8) is 0 Å². The molecule has 1 N–H and O–H groups in total. The molecule has 4 bridgehead atoms. The summed E-state index contributed by atoms with van der Waals surface area (Å²) in [7, 11) is 0. The number of rotatable bonds is 10. The number of aromatic nitrogens is 1. The van der Waals surface area contributed by atoms with Crippen LogP contribution < -0.4 is 5.32 Å². The number of hydrogen-bond acceptors (Lipinski definition) is 1. The molecular weight excluding hydrogens is 515 g/mol. The molecule has 0 spiro atoms. The molecule has 1 heterocycles. The smallest absolute Gasteiger partial charge is 0.151 e. The SMILES string of the molecule is C=C(NC1C2=C3CC3=C1C2)c1c(C2CCC3=C(CC3)C2)c(C2C3=C4C(=C2C3)C4F)n(CC)c1C(C)C.CCCCCC. The Morgan fingerprint density at radius 2 is 1.55 bits per heavy atom. The molecule has 4 fully saturated rings. The zero-order valence-corrected chi connectivity index (χ0v) is 26.6. The lowest BCUT2D eigenvalue weighted by molar-refractivity contribution is 0.488. The Labute approximate surface area is 252 Å². The molecule has 0 aliphatic heterocycles. The van der Waals surface area contributed by atoms with Gasteiger partial charge < -0.3 is 9.88 Å². The third kappa shape index (κ3) is 3.67. The lowest BCUT2D eigenvalue weighted by Gasteiger charge is -2.38. The highest BCUT2D eigenvalue weighted by atomic mass is 19.1. The Morgan fingerprint density at radius 3 is 2.07 bits per heavy atom. The fraction of sp³-hybridized carbons (Fsp3) is 0.590. The highest BCUT2D eigenvalue weighted by Gasteiger charge is 2.59. The minimum Gasteiger partial charge on any atom is -0.375 e. The summed E-state index contributed by atoms with van der Waals surface area (Å²) < 4.78 is 17.1. The van der Waals surface area contributed by atoms with Gasteiger partial charge in [0.25, 0.3) is 0 Å². The molecule has 0 amide bonds. The summed E-state index contributed by atoms with van der Waals surface area (Å²) in [6.45, 7) is 17.2. The first kappa shape index (κ1) is 27.0. The van der Waals surface area contributed by atoms with E-state index < -0.39 is 6.17 Å². The number of nitrogens with one attached hydrogen (secondary N) is 1. The zero-order chi connectivity index (χ0) is 29.0. The van der Waals surface area contributed by atoms with Crippen molar-refractivity contribution in [3.05, 3.63) is 84.8 Å². The monoisotopic (exact) mass is 564 g/mol. The Morgan fingerprint density at radius 1 is 0.905 bits per heavy atom. The molecule has 1 atom stereocenters. The minimum atomic E-state index is -0.740. The van der Waals surface area contributed by atoms with Gasteiger partial charge in [0.1, 0.15) is 0 Å². The van der Waals surface area contributed by atoms with Crippen LogP contribution in [0.25, 0.3) is 5.70 Å². The van der Waals surface area contributed by atoms with E-state index in [9.17, 15) is 4.39 Å². The molecule has 0 saturated heterocycles. The molecule has 8 aliphatic carbocycles. The first-order chi connectivity index (χ1) is 20.4. The zero-order valence-electron chi connectivity index (χ0n) is 26.6. The van der Waals surface area contributed by atoms with Gasteiger partial charge in [0.05, 0.1) is 6.04 Å². The molecule has 0 radical (unpaired) electrons. The van der Waals surface area contributed by atoms with Crippen LogP contribution in [0.3, 0.4) is 0 Å². The van der Waals surface area contributed by atoms with Gasteiger partial charge in [-0.2, -0.15) is 0 Å². The largest absolute Gasteiger partial charge is 0.375 e. The standard InChI is InChI=1S/C33H35FN2.C6H14/c1-5-36-32(14(2)3)25(15(4)35-31-21-12-22(31)20-11-19(20)21)26(18-9-7-16-6-8-17(16)10-18)33(36)27-23-13-24(27)29-28(23)30(29)34;1-3-5-6-4-2/h14,18,27,30-31,35H,4-13H2,1-3H3;3-6H2,1-2H3. The van der Waals surface area contributed by atoms with Crippen molar-refractivity contribution < 1.29 is 4.39 Å². The third-order valence-corrected chi connectivity index (χ3v) is 12.0. The van der Waals surface area contributed by atoms with Gasteiger partial charge in [-0.05, 0) is 120 Å². The molecule has 222 valence electrons. The fourth-order valence-corrected chi connectivity index (χ4v) is 9.58. The molecule has 42 heavy (non-hydrogen) atoms. The second-order valence-corrected chi connectivity index (χ2v) is 14.6. The number of hydrogen-bond donors (Lipinski definition) is 1. The Kier molecular flexibility index (Phi) is 6.26. The number of alkyl halides is 1. The van der Waals surface area contributed by atoms with E-state index in [1.807, 2.05) is 0 Å². The maximum absolute atomic E-state index is 14.4. The summed E-state index contributed by atoms with van der Waals surface area (Å²) in [5, 5.41) is 3.95. The van der Waals surface area contributed by atoms with Crippen LogP contribution in [0.5, 0.6) is 0 Å². The van der Waals surface area contributed by atoms with Crippen molar-refractivity contribution in [2.45, 2.75) is 148 Å². The first-order valence-corrected chi connectivity index (χ1v) is 17.4. The number of halogens is 1. The molecule has 8 aliphatic rings. The van der Waals surface area contributed by atoms with Gasteiger partial charge in [0.2, 0.25) is 0 Å². The number of unbranched alkanes of at least 4 members (excludes halogenated alkanes) is 3. The van der Waals surface area contributed by atoms with Crippen LogP contribution in [0.2, 0.25) is 0 Å². The summed E-state index contributed by atoms with van der Waals surface area (Å²) in [6, 6.07) is 0.416. The third-order valence-electron chi connectivity index (χ3n) is 12.0. The number of fused-ring (bicyclic) bond motifs is 6. The van der Waals surface area contributed by atoms with E-state index >= 15 is 0 Å². The Balaban J connectivity index is 0.000000407. The number of nitrogens with zero attached hydrogens (tertiary/aromatic N) is 1. The topological polar surface area (TPSA) is 17.0 Å². The van der Waals surface area contributed by atoms with E-state index in [4.69, 9.17) is 6.58 Å². The lowest BCUT2D eigenvalue weighted by Crippen LogP contribution is -2.38. The van der Waals surface area contributed by atoms with Crippen molar-refractivity contribution in [1.29, 1.82) is 0 Å². The minimum absolute atomic E-state index is 0.343. The Hall–Kier alpha value is -2.55. The van der Waals surface area contributed by atoms with Gasteiger partial charge in [-0.3, -0.25) is 0 Å². The summed E-state index contributed by atoms with van der Waals surface area (Å²) in [5.41, 5.74) is 22.1. The average molecular weight is 565 g/mol. The Bertz CT molecular complexity index is 1530. The van der Waals surface area contributed by atoms with Crippen LogP contribution in [0, 0.1) is 0 Å². The summed E-state index contributed by atoms with van der Waals surface area (Å²) in [5.74, 6) is 1.32. The van der Waals surface area contributed by atoms with Crippen molar-refractivity contribution in [3.8, 4) is 0 Å². The summed E-state index contributed by atoms with van der Waals surface area (Å²) in [4.78, 5) is 0. The van der Waals surface area contributed by atoms with Crippen molar-refractivity contribution >= 4 is 5.70 Å². The molecule has 1 aromatic rings. The second-order valence-electron chi connectivity index (χ2n) is 14.6. The van der Waals surface area contributed by atoms with Crippen LogP contribution >= 0.6 is 0 Å². The quantitative estimate of drug-likeness (QED) is 0.221. The highest BCUT2D eigenvalue weighted by Crippen LogP contribution is 2.69. The molecule has 9 rings (SSSR count). The molecular formula is C39H49FN2. The van der Waals surface area contributed by atoms with Gasteiger partial charge in [-0.15, -0.1) is 0 Å². The van der Waals surface area contributed by atoms with Gasteiger partial charge in [-0.1, -0.05) is 71.1 Å². The van der Waals surface area contributed by atoms with Gasteiger partial charge in [-0.25, -0.2) is 4.39 Å². The summed E-state index contributed by atoms with van der Waals surface area (Å²) in [6.07, 6.45) is 14.7. The van der Waals surface area contributed by atoms with E-state index in [1.54, 1.807) is 39.0 Å². The van der Waals surface area contributed by atoms with Crippen LogP contribution in [-0.4, -0.2) is 16.8 Å². The van der Waals surface area contributed by atoms with Crippen LogP contribution in [0.4, 0.5) is 4.39 Å². The van der Waals surface area contributed by atoms with Crippen LogP contribution in [0.15, 0.2) is 62.3 Å². The second kappa shape index (κ2) is 9.73. The lowest BCUT2D eigenvalue weighted by atomic mass is 9.67. The van der Waals surface area contributed by atoms with Crippen LogP contribution in [0.1, 0.15) is 152 Å². The first-order valence-electron chi connectivity index (χ1n) is 17.4. The fourth-order valence-electron chi connectivity index (χ4n) is 9.58. The van der Waals surface area contributed by atoms with E-state index in [2.05, 4.69) is 44.5 Å². The molecule has 4 saturated carbocycles. The van der Waals surface area contributed by atoms with E-state index in [1.165, 1.54) is 98.7 Å². The number of allylic oxidation sites excluding steroid dienone is 8. The predicted molar refractivity (Wildman–Crippen MR) is 172 cm³/mol. The van der Waals surface area contributed by atoms with Crippen molar-refractivity contribution in [2.75, 3.05) is 0 Å². The van der Waals surface area contributed by atoms with E-state index in [0.29, 0.717) is 23.8 Å². The molecule has 0 aromatic carbocycles.